The molecule has 0 heterocycles. The number of alkyl halides is 2. The van der Waals surface area contributed by atoms with Crippen LogP contribution in [-0.2, 0) is 0 Å². The van der Waals surface area contributed by atoms with Crippen LogP contribution in [0, 0.1) is 6.92 Å². The molecule has 2 nitrogen and oxygen atoms in total. The van der Waals surface area contributed by atoms with E-state index in [2.05, 4.69) is 4.74 Å². The lowest BCUT2D eigenvalue weighted by atomic mass is 10.1. The molecule has 0 aromatic heterocycles. The minimum atomic E-state index is -2.90. The Kier molecular flexibility index (Phi) is 3.63. The molecular weight excluding hydrogens is 226 g/mol. The Morgan fingerprint density at radius 3 is 2.53 bits per heavy atom. The second-order valence-electron chi connectivity index (χ2n) is 3.03. The topological polar surface area (TPSA) is 26.3 Å². The summed E-state index contributed by atoms with van der Waals surface area (Å²) in [6.45, 7) is 0.0253. The maximum Gasteiger partial charge on any atom is 0.387 e. The first-order chi connectivity index (χ1) is 6.91. The van der Waals surface area contributed by atoms with Crippen LogP contribution < -0.4 is 4.74 Å². The van der Waals surface area contributed by atoms with Crippen molar-refractivity contribution in [2.24, 2.45) is 0 Å². The van der Waals surface area contributed by atoms with Gasteiger partial charge in [0, 0.05) is 11.6 Å². The molecule has 0 atom stereocenters. The zero-order chi connectivity index (χ0) is 11.6. The van der Waals surface area contributed by atoms with E-state index >= 15 is 0 Å². The average molecular weight is 235 g/mol. The monoisotopic (exact) mass is 234 g/mol. The molecule has 1 aromatic carbocycles. The van der Waals surface area contributed by atoms with E-state index in [-0.39, 0.29) is 16.6 Å². The summed E-state index contributed by atoms with van der Waals surface area (Å²) in [4.78, 5) is 11.1. The normalized spacial score (nSPS) is 10.5. The van der Waals surface area contributed by atoms with Crippen LogP contribution in [0.3, 0.4) is 0 Å². The Balaban J connectivity index is 3.13. The van der Waals surface area contributed by atoms with Crippen molar-refractivity contribution in [1.29, 1.82) is 0 Å². The predicted molar refractivity (Wildman–Crippen MR) is 52.8 cm³/mol. The Hall–Kier alpha value is -1.16. The van der Waals surface area contributed by atoms with Crippen LogP contribution in [0.5, 0.6) is 5.75 Å². The number of carbonyl (C=O) groups excluding carboxylic acids is 1. The van der Waals surface area contributed by atoms with E-state index in [1.165, 1.54) is 19.1 Å². The number of carbonyl (C=O) groups is 1. The lowest BCUT2D eigenvalue weighted by molar-refractivity contribution is -0.0502. The van der Waals surface area contributed by atoms with E-state index < -0.39 is 6.61 Å². The number of hydrogen-bond acceptors (Lipinski definition) is 2. The van der Waals surface area contributed by atoms with Gasteiger partial charge in [0.2, 0.25) is 0 Å². The lowest BCUT2D eigenvalue weighted by Gasteiger charge is -2.10. The largest absolute Gasteiger partial charge is 0.435 e. The van der Waals surface area contributed by atoms with Crippen molar-refractivity contribution in [3.05, 3.63) is 28.3 Å². The van der Waals surface area contributed by atoms with E-state index in [0.29, 0.717) is 11.1 Å². The molecule has 15 heavy (non-hydrogen) atoms. The molecule has 5 heteroatoms. The first kappa shape index (κ1) is 11.9. The molecule has 0 aliphatic carbocycles. The number of halogens is 3. The van der Waals surface area contributed by atoms with Crippen molar-refractivity contribution in [3.8, 4) is 5.75 Å². The Morgan fingerprint density at radius 2 is 2.07 bits per heavy atom. The summed E-state index contributed by atoms with van der Waals surface area (Å²) >= 11 is 5.73. The maximum atomic E-state index is 12.0. The third-order valence-electron chi connectivity index (χ3n) is 1.86. The summed E-state index contributed by atoms with van der Waals surface area (Å²) in [5.41, 5.74) is 0.751. The highest BCUT2D eigenvalue weighted by molar-refractivity contribution is 6.34. The molecule has 0 saturated carbocycles. The van der Waals surface area contributed by atoms with Gasteiger partial charge < -0.3 is 4.74 Å². The molecule has 0 unspecified atom stereocenters. The quantitative estimate of drug-likeness (QED) is 0.749. The average Bonchev–Trinajstić information content (AvgIpc) is 2.09. The fourth-order valence-electron chi connectivity index (χ4n) is 1.16. The standard InChI is InChI=1S/C10H9ClF2O2/c1-5-3-7(6(2)14)8(11)4-9(5)15-10(12)13/h3-4,10H,1-2H3. The summed E-state index contributed by atoms with van der Waals surface area (Å²) in [7, 11) is 0. The van der Waals surface area contributed by atoms with Gasteiger partial charge >= 0.3 is 6.61 Å². The SMILES string of the molecule is CC(=O)c1cc(C)c(OC(F)F)cc1Cl. The molecule has 0 radical (unpaired) electrons. The Labute approximate surface area is 90.8 Å². The fraction of sp³-hybridized carbons (Fsp3) is 0.300. The number of rotatable bonds is 3. The molecular formula is C10H9ClF2O2. The molecule has 0 bridgehead atoms. The summed E-state index contributed by atoms with van der Waals surface area (Å²) in [5.74, 6) is -0.230. The zero-order valence-corrected chi connectivity index (χ0v) is 8.94. The minimum absolute atomic E-state index is 0.0139. The van der Waals surface area contributed by atoms with Gasteiger partial charge in [-0.1, -0.05) is 11.6 Å². The van der Waals surface area contributed by atoms with Crippen molar-refractivity contribution < 1.29 is 18.3 Å². The van der Waals surface area contributed by atoms with Gasteiger partial charge in [-0.15, -0.1) is 0 Å². The van der Waals surface area contributed by atoms with Crippen molar-refractivity contribution >= 4 is 17.4 Å². The van der Waals surface area contributed by atoms with E-state index in [9.17, 15) is 13.6 Å². The smallest absolute Gasteiger partial charge is 0.387 e. The van der Waals surface area contributed by atoms with Gasteiger partial charge in [-0.2, -0.15) is 8.78 Å². The molecule has 0 amide bonds. The molecule has 0 aliphatic rings. The molecule has 0 saturated heterocycles. The van der Waals surface area contributed by atoms with Crippen LogP contribution >= 0.6 is 11.6 Å². The number of benzene rings is 1. The van der Waals surface area contributed by atoms with Gasteiger partial charge in [0.05, 0.1) is 5.02 Å². The van der Waals surface area contributed by atoms with E-state index in [1.54, 1.807) is 6.92 Å². The van der Waals surface area contributed by atoms with Crippen LogP contribution in [0.4, 0.5) is 8.78 Å². The first-order valence-electron chi connectivity index (χ1n) is 4.17. The summed E-state index contributed by atoms with van der Waals surface area (Å²) < 4.78 is 28.1. The summed E-state index contributed by atoms with van der Waals surface area (Å²) in [5, 5.41) is 0.115. The third-order valence-corrected chi connectivity index (χ3v) is 2.17. The number of hydrogen-bond donors (Lipinski definition) is 0. The van der Waals surface area contributed by atoms with Crippen molar-refractivity contribution in [3.63, 3.8) is 0 Å². The minimum Gasteiger partial charge on any atom is -0.435 e. The lowest BCUT2D eigenvalue weighted by Crippen LogP contribution is -2.04. The highest BCUT2D eigenvalue weighted by Crippen LogP contribution is 2.28. The Bertz CT molecular complexity index is 391. The van der Waals surface area contributed by atoms with Crippen LogP contribution in [-0.4, -0.2) is 12.4 Å². The van der Waals surface area contributed by atoms with Crippen LogP contribution in [0.15, 0.2) is 12.1 Å². The second-order valence-corrected chi connectivity index (χ2v) is 3.44. The van der Waals surface area contributed by atoms with Crippen LogP contribution in [0.1, 0.15) is 22.8 Å². The zero-order valence-electron chi connectivity index (χ0n) is 8.18. The second kappa shape index (κ2) is 4.57. The molecule has 0 fully saturated rings. The van der Waals surface area contributed by atoms with Gasteiger partial charge in [0.15, 0.2) is 5.78 Å². The van der Waals surface area contributed by atoms with Crippen LogP contribution in [0.25, 0.3) is 0 Å². The summed E-state index contributed by atoms with van der Waals surface area (Å²) in [6, 6.07) is 2.65. The number of Topliss-reactive ketones (excluding diaryl/α,β-unsaturated/α-hetero) is 1. The van der Waals surface area contributed by atoms with Gasteiger partial charge in [0.25, 0.3) is 0 Å². The molecule has 0 aliphatic heterocycles. The van der Waals surface area contributed by atoms with Crippen molar-refractivity contribution in [1.82, 2.24) is 0 Å². The summed E-state index contributed by atoms with van der Waals surface area (Å²) in [6.07, 6.45) is 0. The maximum absolute atomic E-state index is 12.0. The number of ketones is 1. The highest BCUT2D eigenvalue weighted by atomic mass is 35.5. The molecule has 0 spiro atoms. The van der Waals surface area contributed by atoms with E-state index in [1.807, 2.05) is 0 Å². The van der Waals surface area contributed by atoms with Gasteiger partial charge in [-0.25, -0.2) is 0 Å². The van der Waals surface area contributed by atoms with E-state index in [4.69, 9.17) is 11.6 Å². The van der Waals surface area contributed by atoms with Gasteiger partial charge in [-0.05, 0) is 25.5 Å². The predicted octanol–water partition coefficient (Wildman–Crippen LogP) is 3.45. The molecule has 82 valence electrons. The first-order valence-corrected chi connectivity index (χ1v) is 4.55. The van der Waals surface area contributed by atoms with Gasteiger partial charge in [-0.3, -0.25) is 4.79 Å². The van der Waals surface area contributed by atoms with Crippen molar-refractivity contribution in [2.45, 2.75) is 20.5 Å². The number of aryl methyl sites for hydroxylation is 1. The van der Waals surface area contributed by atoms with Crippen molar-refractivity contribution in [2.75, 3.05) is 0 Å². The van der Waals surface area contributed by atoms with E-state index in [0.717, 1.165) is 0 Å². The molecule has 0 N–H and O–H groups in total. The molecule has 1 aromatic rings. The number of ether oxygens (including phenoxy) is 1. The third kappa shape index (κ3) is 2.89. The molecule has 1 rings (SSSR count). The van der Waals surface area contributed by atoms with Gasteiger partial charge in [0.1, 0.15) is 5.75 Å². The highest BCUT2D eigenvalue weighted by Gasteiger charge is 2.13. The van der Waals surface area contributed by atoms with Crippen LogP contribution in [0.2, 0.25) is 5.02 Å². The Morgan fingerprint density at radius 1 is 1.47 bits per heavy atom. The fourth-order valence-corrected chi connectivity index (χ4v) is 1.44.